The SMILES string of the molecule is CCCCCCCCC1/C=C\CCCCC1. The van der Waals surface area contributed by atoms with Gasteiger partial charge in [-0.3, -0.25) is 0 Å². The predicted octanol–water partition coefficient (Wildman–Crippen LogP) is 5.87. The lowest BCUT2D eigenvalue weighted by atomic mass is 9.92. The summed E-state index contributed by atoms with van der Waals surface area (Å²) in [6, 6.07) is 0. The molecule has 0 heterocycles. The van der Waals surface area contributed by atoms with Gasteiger partial charge in [-0.15, -0.1) is 0 Å². The van der Waals surface area contributed by atoms with Crippen LogP contribution in [0.3, 0.4) is 0 Å². The Balaban J connectivity index is 1.99. The normalized spacial score (nSPS) is 23.7. The molecule has 1 rings (SSSR count). The van der Waals surface area contributed by atoms with E-state index in [1.165, 1.54) is 77.0 Å². The summed E-state index contributed by atoms with van der Waals surface area (Å²) in [6.07, 6.45) is 22.1. The Bertz CT molecular complexity index is 169. The monoisotopic (exact) mass is 222 g/mol. The second-order valence-electron chi connectivity index (χ2n) is 5.38. The predicted molar refractivity (Wildman–Crippen MR) is 73.7 cm³/mol. The molecule has 1 aliphatic rings. The maximum absolute atomic E-state index is 2.51. The number of unbranched alkanes of at least 4 members (excludes halogenated alkanes) is 5. The van der Waals surface area contributed by atoms with Crippen molar-refractivity contribution < 1.29 is 0 Å². The first-order valence-corrected chi connectivity index (χ1v) is 7.60. The van der Waals surface area contributed by atoms with Crippen LogP contribution in [0.2, 0.25) is 0 Å². The summed E-state index contributed by atoms with van der Waals surface area (Å²) in [7, 11) is 0. The highest BCUT2D eigenvalue weighted by Gasteiger charge is 2.06. The van der Waals surface area contributed by atoms with Gasteiger partial charge in [0.05, 0.1) is 0 Å². The number of hydrogen-bond acceptors (Lipinski definition) is 0. The molecule has 0 bridgehead atoms. The molecule has 1 unspecified atom stereocenters. The molecule has 0 amide bonds. The minimum absolute atomic E-state index is 0.909. The topological polar surface area (TPSA) is 0 Å². The molecule has 16 heavy (non-hydrogen) atoms. The zero-order valence-electron chi connectivity index (χ0n) is 11.2. The van der Waals surface area contributed by atoms with E-state index < -0.39 is 0 Å². The van der Waals surface area contributed by atoms with Crippen molar-refractivity contribution in [2.45, 2.75) is 84.0 Å². The van der Waals surface area contributed by atoms with E-state index in [-0.39, 0.29) is 0 Å². The van der Waals surface area contributed by atoms with Crippen LogP contribution in [-0.4, -0.2) is 0 Å². The van der Waals surface area contributed by atoms with E-state index in [9.17, 15) is 0 Å². The minimum Gasteiger partial charge on any atom is -0.0883 e. The lowest BCUT2D eigenvalue weighted by molar-refractivity contribution is 0.462. The van der Waals surface area contributed by atoms with Gasteiger partial charge in [0.15, 0.2) is 0 Å². The zero-order valence-corrected chi connectivity index (χ0v) is 11.2. The molecular formula is C16H30. The van der Waals surface area contributed by atoms with E-state index in [0.717, 1.165) is 5.92 Å². The zero-order chi connectivity index (χ0) is 11.5. The largest absolute Gasteiger partial charge is 0.0883 e. The Morgan fingerprint density at radius 1 is 0.938 bits per heavy atom. The van der Waals surface area contributed by atoms with Gasteiger partial charge in [-0.25, -0.2) is 0 Å². The fourth-order valence-electron chi connectivity index (χ4n) is 2.66. The van der Waals surface area contributed by atoms with Crippen LogP contribution < -0.4 is 0 Å². The van der Waals surface area contributed by atoms with Crippen LogP contribution in [0, 0.1) is 5.92 Å². The van der Waals surface area contributed by atoms with Crippen LogP contribution in [0.5, 0.6) is 0 Å². The molecule has 0 aliphatic heterocycles. The van der Waals surface area contributed by atoms with Crippen molar-refractivity contribution in [2.75, 3.05) is 0 Å². The molecule has 0 radical (unpaired) electrons. The van der Waals surface area contributed by atoms with Gasteiger partial charge in [0.1, 0.15) is 0 Å². The molecule has 1 aliphatic carbocycles. The third kappa shape index (κ3) is 7.09. The van der Waals surface area contributed by atoms with E-state index in [1.807, 2.05) is 0 Å². The Morgan fingerprint density at radius 2 is 1.75 bits per heavy atom. The molecule has 0 saturated carbocycles. The fraction of sp³-hybridized carbons (Fsp3) is 0.875. The van der Waals surface area contributed by atoms with Crippen LogP contribution in [0.1, 0.15) is 84.0 Å². The Hall–Kier alpha value is -0.260. The molecule has 0 heteroatoms. The molecule has 0 saturated heterocycles. The van der Waals surface area contributed by atoms with Crippen molar-refractivity contribution in [3.63, 3.8) is 0 Å². The summed E-state index contributed by atoms with van der Waals surface area (Å²) in [5.74, 6) is 0.909. The first-order chi connectivity index (χ1) is 7.93. The molecule has 0 aromatic carbocycles. The number of allylic oxidation sites excluding steroid dienone is 2. The molecule has 0 fully saturated rings. The van der Waals surface area contributed by atoms with Crippen LogP contribution in [0.15, 0.2) is 12.2 Å². The number of rotatable bonds is 7. The molecule has 0 aromatic rings. The second kappa shape index (κ2) is 9.93. The second-order valence-corrected chi connectivity index (χ2v) is 5.38. The standard InChI is InChI=1S/C16H30/c1-2-3-4-5-7-10-13-16-14-11-8-6-9-12-15-16/h11,14,16H,2-10,12-13,15H2,1H3/b14-11-. The molecule has 94 valence electrons. The van der Waals surface area contributed by atoms with E-state index in [4.69, 9.17) is 0 Å². The average Bonchev–Trinajstić information content (AvgIpc) is 2.25. The summed E-state index contributed by atoms with van der Waals surface area (Å²) in [5.41, 5.74) is 0. The van der Waals surface area contributed by atoms with Gasteiger partial charge in [-0.2, -0.15) is 0 Å². The smallest absolute Gasteiger partial charge is 0.0234 e. The lowest BCUT2D eigenvalue weighted by Gasteiger charge is -2.14. The van der Waals surface area contributed by atoms with Crippen LogP contribution >= 0.6 is 0 Å². The van der Waals surface area contributed by atoms with Crippen LogP contribution in [-0.2, 0) is 0 Å². The minimum atomic E-state index is 0.909. The first kappa shape index (κ1) is 13.8. The van der Waals surface area contributed by atoms with Crippen LogP contribution in [0.25, 0.3) is 0 Å². The van der Waals surface area contributed by atoms with Gasteiger partial charge in [-0.1, -0.05) is 70.4 Å². The summed E-state index contributed by atoms with van der Waals surface area (Å²) >= 11 is 0. The first-order valence-electron chi connectivity index (χ1n) is 7.60. The summed E-state index contributed by atoms with van der Waals surface area (Å²) in [5, 5.41) is 0. The van der Waals surface area contributed by atoms with Crippen molar-refractivity contribution in [2.24, 2.45) is 5.92 Å². The molecule has 0 aromatic heterocycles. The average molecular weight is 222 g/mol. The highest BCUT2D eigenvalue weighted by molar-refractivity contribution is 4.89. The van der Waals surface area contributed by atoms with Gasteiger partial charge in [-0.05, 0) is 31.6 Å². The summed E-state index contributed by atoms with van der Waals surface area (Å²) in [6.45, 7) is 2.29. The van der Waals surface area contributed by atoms with E-state index in [1.54, 1.807) is 0 Å². The summed E-state index contributed by atoms with van der Waals surface area (Å²) < 4.78 is 0. The number of hydrogen-bond donors (Lipinski definition) is 0. The van der Waals surface area contributed by atoms with Crippen LogP contribution in [0.4, 0.5) is 0 Å². The molecule has 0 nitrogen and oxygen atoms in total. The maximum atomic E-state index is 2.51. The van der Waals surface area contributed by atoms with E-state index >= 15 is 0 Å². The van der Waals surface area contributed by atoms with Gasteiger partial charge >= 0.3 is 0 Å². The van der Waals surface area contributed by atoms with E-state index in [2.05, 4.69) is 19.1 Å². The Kier molecular flexibility index (Phi) is 8.57. The quantitative estimate of drug-likeness (QED) is 0.373. The fourth-order valence-corrected chi connectivity index (χ4v) is 2.66. The van der Waals surface area contributed by atoms with Crippen molar-refractivity contribution in [3.8, 4) is 0 Å². The van der Waals surface area contributed by atoms with Gasteiger partial charge in [0.25, 0.3) is 0 Å². The third-order valence-corrected chi connectivity index (χ3v) is 3.78. The maximum Gasteiger partial charge on any atom is -0.0234 e. The summed E-state index contributed by atoms with van der Waals surface area (Å²) in [4.78, 5) is 0. The van der Waals surface area contributed by atoms with Gasteiger partial charge < -0.3 is 0 Å². The lowest BCUT2D eigenvalue weighted by Crippen LogP contribution is -1.99. The third-order valence-electron chi connectivity index (χ3n) is 3.78. The van der Waals surface area contributed by atoms with Gasteiger partial charge in [0, 0.05) is 0 Å². The van der Waals surface area contributed by atoms with Crippen molar-refractivity contribution >= 4 is 0 Å². The Morgan fingerprint density at radius 3 is 2.62 bits per heavy atom. The molecule has 0 N–H and O–H groups in total. The van der Waals surface area contributed by atoms with Crippen molar-refractivity contribution in [1.29, 1.82) is 0 Å². The Labute approximate surface area is 103 Å². The van der Waals surface area contributed by atoms with Crippen molar-refractivity contribution in [3.05, 3.63) is 12.2 Å². The van der Waals surface area contributed by atoms with Gasteiger partial charge in [0.2, 0.25) is 0 Å². The van der Waals surface area contributed by atoms with E-state index in [0.29, 0.717) is 0 Å². The highest BCUT2D eigenvalue weighted by atomic mass is 14.1. The molecular weight excluding hydrogens is 192 g/mol. The molecule has 1 atom stereocenters. The molecule has 0 spiro atoms. The van der Waals surface area contributed by atoms with Crippen molar-refractivity contribution in [1.82, 2.24) is 0 Å². The highest BCUT2D eigenvalue weighted by Crippen LogP contribution is 2.22.